The van der Waals surface area contributed by atoms with Crippen molar-refractivity contribution in [2.45, 2.75) is 6.42 Å². The Balaban J connectivity index is 2.45. The summed E-state index contributed by atoms with van der Waals surface area (Å²) in [6.07, 6.45) is -0.227. The quantitative estimate of drug-likeness (QED) is 0.750. The predicted molar refractivity (Wildman–Crippen MR) is 59.7 cm³/mol. The van der Waals surface area contributed by atoms with Crippen LogP contribution in [0.25, 0.3) is 11.3 Å². The third-order valence-corrected chi connectivity index (χ3v) is 2.36. The summed E-state index contributed by atoms with van der Waals surface area (Å²) in [5.74, 6) is -1.21. The second-order valence-electron chi connectivity index (χ2n) is 3.54. The molecule has 0 unspecified atom stereocenters. The first kappa shape index (κ1) is 11.1. The topological polar surface area (TPSA) is 92.0 Å². The molecule has 0 spiro atoms. The number of hydrogen-bond acceptors (Lipinski definition) is 3. The molecule has 0 radical (unpaired) electrons. The van der Waals surface area contributed by atoms with Crippen molar-refractivity contribution < 1.29 is 14.3 Å². The summed E-state index contributed by atoms with van der Waals surface area (Å²) in [5, 5.41) is 15.2. The van der Waals surface area contributed by atoms with E-state index >= 15 is 0 Å². The van der Waals surface area contributed by atoms with Crippen molar-refractivity contribution in [3.8, 4) is 11.3 Å². The molecule has 5 nitrogen and oxygen atoms in total. The number of aromatic amines is 1. The molecule has 0 atom stereocenters. The normalized spacial score (nSPS) is 10.4. The first-order valence-electron chi connectivity index (χ1n) is 4.88. The lowest BCUT2D eigenvalue weighted by molar-refractivity contribution is -0.136. The highest BCUT2D eigenvalue weighted by atomic mass is 19.1. The average molecular weight is 235 g/mol. The maximum atomic E-state index is 12.8. The fourth-order valence-corrected chi connectivity index (χ4v) is 1.56. The Morgan fingerprint density at radius 1 is 1.41 bits per heavy atom. The van der Waals surface area contributed by atoms with Crippen molar-refractivity contribution in [2.75, 3.05) is 5.73 Å². The van der Waals surface area contributed by atoms with Gasteiger partial charge in [-0.15, -0.1) is 0 Å². The SMILES string of the molecule is Nc1n[nH]c(-c2ccc(F)cc2)c1CC(=O)O. The number of nitrogen functional groups attached to an aromatic ring is 1. The Labute approximate surface area is 96.1 Å². The number of halogens is 1. The van der Waals surface area contributed by atoms with E-state index in [0.29, 0.717) is 16.8 Å². The molecule has 4 N–H and O–H groups in total. The molecular weight excluding hydrogens is 225 g/mol. The van der Waals surface area contributed by atoms with Crippen molar-refractivity contribution in [2.24, 2.45) is 0 Å². The molecule has 0 amide bonds. The maximum Gasteiger partial charge on any atom is 0.308 e. The van der Waals surface area contributed by atoms with Crippen LogP contribution in [0.4, 0.5) is 10.2 Å². The van der Waals surface area contributed by atoms with Gasteiger partial charge in [0.15, 0.2) is 0 Å². The van der Waals surface area contributed by atoms with Crippen LogP contribution in [0, 0.1) is 5.82 Å². The summed E-state index contributed by atoms with van der Waals surface area (Å²) in [4.78, 5) is 10.7. The number of nitrogens with zero attached hydrogens (tertiary/aromatic N) is 1. The first-order valence-corrected chi connectivity index (χ1v) is 4.88. The smallest absolute Gasteiger partial charge is 0.308 e. The van der Waals surface area contributed by atoms with Crippen LogP contribution in [0.15, 0.2) is 24.3 Å². The predicted octanol–water partition coefficient (Wildman–Crippen LogP) is 1.43. The molecule has 0 bridgehead atoms. The molecular formula is C11H10FN3O2. The number of carboxylic acids is 1. The fraction of sp³-hybridized carbons (Fsp3) is 0.0909. The number of rotatable bonds is 3. The second-order valence-corrected chi connectivity index (χ2v) is 3.54. The van der Waals surface area contributed by atoms with E-state index in [1.54, 1.807) is 0 Å². The van der Waals surface area contributed by atoms with E-state index in [-0.39, 0.29) is 18.1 Å². The van der Waals surface area contributed by atoms with Gasteiger partial charge in [0.05, 0.1) is 12.1 Å². The van der Waals surface area contributed by atoms with Crippen LogP contribution in [-0.4, -0.2) is 21.3 Å². The van der Waals surface area contributed by atoms with Gasteiger partial charge in [-0.3, -0.25) is 9.89 Å². The molecule has 1 heterocycles. The number of carboxylic acid groups (broad SMARTS) is 1. The Kier molecular flexibility index (Phi) is 2.78. The zero-order chi connectivity index (χ0) is 12.4. The monoisotopic (exact) mass is 235 g/mol. The van der Waals surface area contributed by atoms with Crippen LogP contribution >= 0.6 is 0 Å². The fourth-order valence-electron chi connectivity index (χ4n) is 1.56. The summed E-state index contributed by atoms with van der Waals surface area (Å²) in [5.41, 5.74) is 7.13. The molecule has 2 rings (SSSR count). The standard InChI is InChI=1S/C11H10FN3O2/c12-7-3-1-6(2-4-7)10-8(5-9(16)17)11(13)15-14-10/h1-4H,5H2,(H,16,17)(H3,13,14,15). The Bertz CT molecular complexity index is 548. The zero-order valence-corrected chi connectivity index (χ0v) is 8.77. The lowest BCUT2D eigenvalue weighted by Gasteiger charge is -2.01. The van der Waals surface area contributed by atoms with E-state index in [2.05, 4.69) is 10.2 Å². The highest BCUT2D eigenvalue weighted by molar-refractivity contribution is 5.78. The molecule has 0 aliphatic heterocycles. The van der Waals surface area contributed by atoms with Crippen molar-refractivity contribution in [1.29, 1.82) is 0 Å². The Morgan fingerprint density at radius 3 is 2.65 bits per heavy atom. The van der Waals surface area contributed by atoms with Crippen LogP contribution in [0.1, 0.15) is 5.56 Å². The average Bonchev–Trinajstić information content (AvgIpc) is 2.61. The number of benzene rings is 1. The van der Waals surface area contributed by atoms with Gasteiger partial charge in [-0.2, -0.15) is 5.10 Å². The van der Waals surface area contributed by atoms with E-state index < -0.39 is 5.97 Å². The molecule has 1 aromatic heterocycles. The minimum Gasteiger partial charge on any atom is -0.481 e. The molecule has 6 heteroatoms. The Hall–Kier alpha value is -2.37. The van der Waals surface area contributed by atoms with E-state index in [1.165, 1.54) is 24.3 Å². The summed E-state index contributed by atoms with van der Waals surface area (Å²) < 4.78 is 12.8. The van der Waals surface area contributed by atoms with E-state index in [0.717, 1.165) is 0 Å². The number of aliphatic carboxylic acids is 1. The summed E-state index contributed by atoms with van der Waals surface area (Å²) in [6.45, 7) is 0. The molecule has 0 saturated carbocycles. The van der Waals surface area contributed by atoms with Gasteiger partial charge < -0.3 is 10.8 Å². The van der Waals surface area contributed by atoms with Crippen LogP contribution in [-0.2, 0) is 11.2 Å². The summed E-state index contributed by atoms with van der Waals surface area (Å²) in [6, 6.07) is 5.65. The Morgan fingerprint density at radius 2 is 2.06 bits per heavy atom. The number of anilines is 1. The molecule has 2 aromatic rings. The van der Waals surface area contributed by atoms with Crippen LogP contribution in [0.5, 0.6) is 0 Å². The lowest BCUT2D eigenvalue weighted by Crippen LogP contribution is -2.03. The molecule has 88 valence electrons. The molecule has 0 aliphatic rings. The van der Waals surface area contributed by atoms with Gasteiger partial charge in [-0.05, 0) is 24.3 Å². The van der Waals surface area contributed by atoms with Crippen LogP contribution in [0.3, 0.4) is 0 Å². The van der Waals surface area contributed by atoms with Gasteiger partial charge in [-0.1, -0.05) is 0 Å². The van der Waals surface area contributed by atoms with Crippen LogP contribution < -0.4 is 5.73 Å². The number of H-pyrrole nitrogens is 1. The maximum absolute atomic E-state index is 12.8. The highest BCUT2D eigenvalue weighted by Crippen LogP contribution is 2.25. The zero-order valence-electron chi connectivity index (χ0n) is 8.77. The van der Waals surface area contributed by atoms with Crippen molar-refractivity contribution >= 4 is 11.8 Å². The summed E-state index contributed by atoms with van der Waals surface area (Å²) in [7, 11) is 0. The van der Waals surface area contributed by atoms with Gasteiger partial charge in [-0.25, -0.2) is 4.39 Å². The van der Waals surface area contributed by atoms with Crippen molar-refractivity contribution in [3.63, 3.8) is 0 Å². The van der Waals surface area contributed by atoms with E-state index in [9.17, 15) is 9.18 Å². The number of hydrogen-bond donors (Lipinski definition) is 3. The van der Waals surface area contributed by atoms with Crippen molar-refractivity contribution in [3.05, 3.63) is 35.6 Å². The van der Waals surface area contributed by atoms with Gasteiger partial charge in [0.2, 0.25) is 0 Å². The lowest BCUT2D eigenvalue weighted by atomic mass is 10.1. The van der Waals surface area contributed by atoms with E-state index in [4.69, 9.17) is 10.8 Å². The highest BCUT2D eigenvalue weighted by Gasteiger charge is 2.15. The number of carbonyl (C=O) groups is 1. The van der Waals surface area contributed by atoms with Gasteiger partial charge in [0.25, 0.3) is 0 Å². The second kappa shape index (κ2) is 4.25. The number of aromatic nitrogens is 2. The first-order chi connectivity index (χ1) is 8.08. The van der Waals surface area contributed by atoms with Crippen molar-refractivity contribution in [1.82, 2.24) is 10.2 Å². The molecule has 0 aliphatic carbocycles. The van der Waals surface area contributed by atoms with Gasteiger partial charge in [0.1, 0.15) is 11.6 Å². The molecule has 1 aromatic carbocycles. The third-order valence-electron chi connectivity index (χ3n) is 2.36. The number of nitrogens with two attached hydrogens (primary N) is 1. The van der Waals surface area contributed by atoms with E-state index in [1.807, 2.05) is 0 Å². The molecule has 17 heavy (non-hydrogen) atoms. The third kappa shape index (κ3) is 2.25. The summed E-state index contributed by atoms with van der Waals surface area (Å²) >= 11 is 0. The molecule has 0 fully saturated rings. The van der Waals surface area contributed by atoms with Gasteiger partial charge >= 0.3 is 5.97 Å². The largest absolute Gasteiger partial charge is 0.481 e. The van der Waals surface area contributed by atoms with Gasteiger partial charge in [0, 0.05) is 11.1 Å². The van der Waals surface area contributed by atoms with Crippen LogP contribution in [0.2, 0.25) is 0 Å². The minimum absolute atomic E-state index is 0.145. The number of nitrogens with one attached hydrogen (secondary N) is 1. The molecule has 0 saturated heterocycles. The minimum atomic E-state index is -0.999.